The summed E-state index contributed by atoms with van der Waals surface area (Å²) in [4.78, 5) is 8.87. The Morgan fingerprint density at radius 1 is 1.13 bits per heavy atom. The lowest BCUT2D eigenvalue weighted by atomic mass is 9.88. The second-order valence-corrected chi connectivity index (χ2v) is 11.8. The number of hydrogen-bond donors (Lipinski definition) is 1. The van der Waals surface area contributed by atoms with Crippen LogP contribution in [0.15, 0.2) is 36.7 Å². The number of nitrogens with one attached hydrogen (secondary N) is 1. The van der Waals surface area contributed by atoms with E-state index in [0.717, 1.165) is 12.0 Å². The quantitative estimate of drug-likeness (QED) is 0.665. The molecule has 1 aliphatic rings. The van der Waals surface area contributed by atoms with Gasteiger partial charge in [-0.05, 0) is 30.4 Å². The molecule has 3 nitrogen and oxygen atoms in total. The maximum absolute atomic E-state index is 4.44. The van der Waals surface area contributed by atoms with Crippen LogP contribution < -0.4 is 5.32 Å². The van der Waals surface area contributed by atoms with E-state index in [1.807, 2.05) is 12.4 Å². The van der Waals surface area contributed by atoms with Crippen LogP contribution in [0.4, 0.5) is 5.95 Å². The fourth-order valence-electron chi connectivity index (χ4n) is 2.79. The van der Waals surface area contributed by atoms with Gasteiger partial charge in [0.1, 0.15) is 8.07 Å². The largest absolute Gasteiger partial charge is 0.347 e. The van der Waals surface area contributed by atoms with Gasteiger partial charge >= 0.3 is 0 Å². The number of benzene rings is 1. The monoisotopic (exact) mass is 321 g/mol. The van der Waals surface area contributed by atoms with Crippen LogP contribution in [0.1, 0.15) is 35.6 Å². The van der Waals surface area contributed by atoms with Gasteiger partial charge in [0.2, 0.25) is 5.95 Å². The van der Waals surface area contributed by atoms with Crippen molar-refractivity contribution in [3.8, 4) is 11.5 Å². The molecule has 0 aliphatic heterocycles. The smallest absolute Gasteiger partial charge is 0.223 e. The summed E-state index contributed by atoms with van der Waals surface area (Å²) >= 11 is 0. The third-order valence-corrected chi connectivity index (χ3v) is 4.78. The molecule has 0 amide bonds. The number of fused-ring (bicyclic) bond motifs is 1. The molecule has 1 aromatic heterocycles. The van der Waals surface area contributed by atoms with Gasteiger partial charge in [-0.15, -0.1) is 5.54 Å². The molecule has 1 atom stereocenters. The van der Waals surface area contributed by atoms with Crippen LogP contribution in [-0.2, 0) is 6.42 Å². The summed E-state index contributed by atoms with van der Waals surface area (Å²) in [5, 5.41) is 3.47. The van der Waals surface area contributed by atoms with E-state index in [1.54, 1.807) is 0 Å². The standard InChI is InChI=1S/C19H23N3Si/c1-23(2,3)12-11-15-13-20-19(21-14-15)22-18-10-6-8-16-7-4-5-9-17(16)18/h4-5,7,9,13-14,18H,6,8,10H2,1-3H3,(H,20,21,22)/t18-/m1/s1. The normalized spacial score (nSPS) is 16.9. The molecule has 3 rings (SSSR count). The van der Waals surface area contributed by atoms with Crippen LogP contribution in [0, 0.1) is 11.5 Å². The van der Waals surface area contributed by atoms with Gasteiger partial charge in [0.05, 0.1) is 11.6 Å². The molecule has 1 heterocycles. The predicted molar refractivity (Wildman–Crippen MR) is 98.0 cm³/mol. The van der Waals surface area contributed by atoms with Crippen LogP contribution >= 0.6 is 0 Å². The Morgan fingerprint density at radius 2 is 1.87 bits per heavy atom. The highest BCUT2D eigenvalue weighted by Crippen LogP contribution is 2.31. The molecule has 23 heavy (non-hydrogen) atoms. The van der Waals surface area contributed by atoms with Crippen LogP contribution in [-0.4, -0.2) is 18.0 Å². The molecule has 1 aliphatic carbocycles. The molecule has 0 fully saturated rings. The Balaban J connectivity index is 1.73. The van der Waals surface area contributed by atoms with Crippen molar-refractivity contribution in [1.29, 1.82) is 0 Å². The minimum absolute atomic E-state index is 0.305. The summed E-state index contributed by atoms with van der Waals surface area (Å²) in [5.41, 5.74) is 7.05. The van der Waals surface area contributed by atoms with Gasteiger partial charge < -0.3 is 5.32 Å². The van der Waals surface area contributed by atoms with E-state index in [9.17, 15) is 0 Å². The minimum Gasteiger partial charge on any atom is -0.347 e. The number of anilines is 1. The average molecular weight is 322 g/mol. The zero-order valence-electron chi connectivity index (χ0n) is 14.1. The second-order valence-electron chi connectivity index (χ2n) is 7.08. The lowest BCUT2D eigenvalue weighted by molar-refractivity contribution is 0.596. The van der Waals surface area contributed by atoms with Gasteiger partial charge in [-0.25, -0.2) is 9.97 Å². The van der Waals surface area contributed by atoms with E-state index >= 15 is 0 Å². The molecule has 0 radical (unpaired) electrons. The van der Waals surface area contributed by atoms with Crippen LogP contribution in [0.25, 0.3) is 0 Å². The lowest BCUT2D eigenvalue weighted by Gasteiger charge is -2.26. The van der Waals surface area contributed by atoms with E-state index in [2.05, 4.69) is 70.7 Å². The molecule has 0 saturated heterocycles. The highest BCUT2D eigenvalue weighted by atomic mass is 28.3. The van der Waals surface area contributed by atoms with Crippen molar-refractivity contribution >= 4 is 14.0 Å². The van der Waals surface area contributed by atoms with Crippen molar-refractivity contribution in [1.82, 2.24) is 9.97 Å². The summed E-state index contributed by atoms with van der Waals surface area (Å²) in [5.74, 6) is 3.88. The number of hydrogen-bond acceptors (Lipinski definition) is 3. The van der Waals surface area contributed by atoms with E-state index in [-0.39, 0.29) is 0 Å². The van der Waals surface area contributed by atoms with Crippen LogP contribution in [0.3, 0.4) is 0 Å². The SMILES string of the molecule is C[Si](C)(C)C#Cc1cnc(N[C@@H]2CCCc3ccccc32)nc1. The van der Waals surface area contributed by atoms with Gasteiger partial charge in [-0.2, -0.15) is 0 Å². The van der Waals surface area contributed by atoms with Gasteiger partial charge in [0.25, 0.3) is 0 Å². The average Bonchev–Trinajstić information content (AvgIpc) is 2.54. The third-order valence-electron chi connectivity index (χ3n) is 3.91. The zero-order chi connectivity index (χ0) is 16.3. The lowest BCUT2D eigenvalue weighted by Crippen LogP contribution is -2.18. The molecule has 1 N–H and O–H groups in total. The Kier molecular flexibility index (Phi) is 4.49. The second kappa shape index (κ2) is 6.55. The number of aryl methyl sites for hydroxylation is 1. The molecule has 0 bridgehead atoms. The first-order valence-corrected chi connectivity index (χ1v) is 11.7. The predicted octanol–water partition coefficient (Wildman–Crippen LogP) is 4.20. The Morgan fingerprint density at radius 3 is 2.61 bits per heavy atom. The van der Waals surface area contributed by atoms with Crippen molar-refractivity contribution in [2.45, 2.75) is 44.9 Å². The minimum atomic E-state index is -1.36. The maximum Gasteiger partial charge on any atom is 0.223 e. The Hall–Kier alpha value is -2.12. The van der Waals surface area contributed by atoms with Gasteiger partial charge in [-0.3, -0.25) is 0 Å². The summed E-state index contributed by atoms with van der Waals surface area (Å²) < 4.78 is 0. The summed E-state index contributed by atoms with van der Waals surface area (Å²) in [6.45, 7) is 6.70. The molecule has 1 aromatic carbocycles. The molecule has 4 heteroatoms. The highest BCUT2D eigenvalue weighted by molar-refractivity contribution is 6.83. The van der Waals surface area contributed by atoms with Crippen molar-refractivity contribution < 1.29 is 0 Å². The molecule has 0 saturated carbocycles. The maximum atomic E-state index is 4.44. The number of nitrogens with zero attached hydrogens (tertiary/aromatic N) is 2. The first-order valence-electron chi connectivity index (χ1n) is 8.21. The van der Waals surface area contributed by atoms with Crippen molar-refractivity contribution in [2.24, 2.45) is 0 Å². The van der Waals surface area contributed by atoms with Crippen molar-refractivity contribution in [2.75, 3.05) is 5.32 Å². The van der Waals surface area contributed by atoms with Gasteiger partial charge in [0, 0.05) is 12.4 Å². The molecular weight excluding hydrogens is 298 g/mol. The Bertz CT molecular complexity index is 736. The fraction of sp³-hybridized carbons (Fsp3) is 0.368. The third kappa shape index (κ3) is 4.20. The van der Waals surface area contributed by atoms with Gasteiger partial charge in [0.15, 0.2) is 0 Å². The van der Waals surface area contributed by atoms with E-state index < -0.39 is 8.07 Å². The highest BCUT2D eigenvalue weighted by Gasteiger charge is 2.20. The Labute approximate surface area is 139 Å². The molecule has 0 unspecified atom stereocenters. The topological polar surface area (TPSA) is 37.8 Å². The molecule has 2 aromatic rings. The summed E-state index contributed by atoms with van der Waals surface area (Å²) in [6, 6.07) is 8.95. The van der Waals surface area contributed by atoms with E-state index in [0.29, 0.717) is 12.0 Å². The zero-order valence-corrected chi connectivity index (χ0v) is 15.1. The number of rotatable bonds is 2. The molecule has 118 valence electrons. The fourth-order valence-corrected chi connectivity index (χ4v) is 3.31. The van der Waals surface area contributed by atoms with Crippen LogP contribution in [0.2, 0.25) is 19.6 Å². The van der Waals surface area contributed by atoms with Crippen LogP contribution in [0.5, 0.6) is 0 Å². The van der Waals surface area contributed by atoms with Gasteiger partial charge in [-0.1, -0.05) is 49.8 Å². The van der Waals surface area contributed by atoms with E-state index in [1.165, 1.54) is 24.0 Å². The van der Waals surface area contributed by atoms with E-state index in [4.69, 9.17) is 0 Å². The molecular formula is C19H23N3Si. The first kappa shape index (κ1) is 15.8. The molecule has 0 spiro atoms. The summed E-state index contributed by atoms with van der Waals surface area (Å²) in [7, 11) is -1.36. The van der Waals surface area contributed by atoms with Crippen molar-refractivity contribution in [3.05, 3.63) is 53.3 Å². The summed E-state index contributed by atoms with van der Waals surface area (Å²) in [6.07, 6.45) is 7.13. The number of aromatic nitrogens is 2. The van der Waals surface area contributed by atoms with Crippen molar-refractivity contribution in [3.63, 3.8) is 0 Å². The first-order chi connectivity index (χ1) is 11.0.